The van der Waals surface area contributed by atoms with Gasteiger partial charge in [-0.3, -0.25) is 0 Å². The highest BCUT2D eigenvalue weighted by atomic mass is 14.9. The molecule has 2 aliphatic rings. The van der Waals surface area contributed by atoms with E-state index in [4.69, 9.17) is 0 Å². The molecule has 3 rings (SSSR count). The minimum absolute atomic E-state index is 0.802. The second kappa shape index (κ2) is 5.22. The molecule has 0 aliphatic heterocycles. The summed E-state index contributed by atoms with van der Waals surface area (Å²) in [5, 5.41) is 3.73. The van der Waals surface area contributed by atoms with Crippen LogP contribution in [0.4, 0.5) is 0 Å². The van der Waals surface area contributed by atoms with Gasteiger partial charge >= 0.3 is 0 Å². The predicted octanol–water partition coefficient (Wildman–Crippen LogP) is 3.71. The normalized spacial score (nSPS) is 29.2. The largest absolute Gasteiger partial charge is 0.314 e. The SMILES string of the molecule is c1ccc(C2CCCCC2CNC2CC2)cc1. The zero-order valence-electron chi connectivity index (χ0n) is 10.6. The highest BCUT2D eigenvalue weighted by molar-refractivity contribution is 5.21. The summed E-state index contributed by atoms with van der Waals surface area (Å²) < 4.78 is 0. The van der Waals surface area contributed by atoms with Gasteiger partial charge in [-0.25, -0.2) is 0 Å². The van der Waals surface area contributed by atoms with Crippen molar-refractivity contribution in [2.75, 3.05) is 6.54 Å². The first-order valence-electron chi connectivity index (χ1n) is 7.22. The van der Waals surface area contributed by atoms with Gasteiger partial charge in [-0.1, -0.05) is 43.2 Å². The Bertz CT molecular complexity index is 342. The maximum atomic E-state index is 3.73. The van der Waals surface area contributed by atoms with Gasteiger partial charge in [0, 0.05) is 6.04 Å². The Morgan fingerprint density at radius 2 is 1.71 bits per heavy atom. The van der Waals surface area contributed by atoms with Gasteiger partial charge in [-0.2, -0.15) is 0 Å². The maximum absolute atomic E-state index is 3.73. The van der Waals surface area contributed by atoms with E-state index in [9.17, 15) is 0 Å². The summed E-state index contributed by atoms with van der Waals surface area (Å²) in [7, 11) is 0. The van der Waals surface area contributed by atoms with E-state index in [0.29, 0.717) is 0 Å². The molecule has 17 heavy (non-hydrogen) atoms. The van der Waals surface area contributed by atoms with E-state index in [-0.39, 0.29) is 0 Å². The van der Waals surface area contributed by atoms with Crippen LogP contribution in [-0.2, 0) is 0 Å². The van der Waals surface area contributed by atoms with Crippen molar-refractivity contribution in [1.29, 1.82) is 0 Å². The molecule has 0 aromatic heterocycles. The molecule has 2 saturated carbocycles. The van der Waals surface area contributed by atoms with Crippen molar-refractivity contribution in [2.24, 2.45) is 5.92 Å². The zero-order valence-corrected chi connectivity index (χ0v) is 10.6. The number of benzene rings is 1. The van der Waals surface area contributed by atoms with Crippen LogP contribution in [0.5, 0.6) is 0 Å². The first-order chi connectivity index (χ1) is 8.43. The number of hydrogen-bond donors (Lipinski definition) is 1. The molecule has 0 radical (unpaired) electrons. The molecule has 0 heterocycles. The van der Waals surface area contributed by atoms with Gasteiger partial charge in [0.15, 0.2) is 0 Å². The molecule has 0 spiro atoms. The van der Waals surface area contributed by atoms with Gasteiger partial charge in [0.25, 0.3) is 0 Å². The van der Waals surface area contributed by atoms with E-state index in [0.717, 1.165) is 17.9 Å². The maximum Gasteiger partial charge on any atom is 0.00683 e. The van der Waals surface area contributed by atoms with Crippen molar-refractivity contribution in [1.82, 2.24) is 5.32 Å². The summed E-state index contributed by atoms with van der Waals surface area (Å²) in [5.41, 5.74) is 1.56. The first-order valence-corrected chi connectivity index (χ1v) is 7.22. The van der Waals surface area contributed by atoms with Gasteiger partial charge in [0.2, 0.25) is 0 Å². The van der Waals surface area contributed by atoms with Crippen LogP contribution in [0.15, 0.2) is 30.3 Å². The number of rotatable bonds is 4. The molecule has 2 aliphatic carbocycles. The summed E-state index contributed by atoms with van der Waals surface area (Å²) in [6.45, 7) is 1.24. The Morgan fingerprint density at radius 1 is 0.941 bits per heavy atom. The minimum atomic E-state index is 0.802. The molecule has 2 unspecified atom stereocenters. The Hall–Kier alpha value is -0.820. The van der Waals surface area contributed by atoms with Gasteiger partial charge in [-0.05, 0) is 49.6 Å². The van der Waals surface area contributed by atoms with E-state index in [2.05, 4.69) is 35.6 Å². The average molecular weight is 229 g/mol. The molecule has 2 atom stereocenters. The quantitative estimate of drug-likeness (QED) is 0.830. The van der Waals surface area contributed by atoms with Crippen LogP contribution in [0.1, 0.15) is 50.0 Å². The smallest absolute Gasteiger partial charge is 0.00683 e. The zero-order chi connectivity index (χ0) is 11.5. The molecule has 0 bridgehead atoms. The van der Waals surface area contributed by atoms with Crippen molar-refractivity contribution in [3.63, 3.8) is 0 Å². The van der Waals surface area contributed by atoms with E-state index in [1.54, 1.807) is 5.56 Å². The van der Waals surface area contributed by atoms with Gasteiger partial charge in [0.05, 0.1) is 0 Å². The highest BCUT2D eigenvalue weighted by Crippen LogP contribution is 2.37. The molecule has 0 amide bonds. The lowest BCUT2D eigenvalue weighted by atomic mass is 9.75. The van der Waals surface area contributed by atoms with Crippen molar-refractivity contribution < 1.29 is 0 Å². The average Bonchev–Trinajstić information content (AvgIpc) is 3.22. The third-order valence-corrected chi connectivity index (χ3v) is 4.38. The van der Waals surface area contributed by atoms with E-state index in [1.165, 1.54) is 45.1 Å². The highest BCUT2D eigenvalue weighted by Gasteiger charge is 2.28. The third kappa shape index (κ3) is 2.90. The summed E-state index contributed by atoms with van der Waals surface area (Å²) in [5.74, 6) is 1.67. The Kier molecular flexibility index (Phi) is 3.46. The van der Waals surface area contributed by atoms with Crippen molar-refractivity contribution >= 4 is 0 Å². The van der Waals surface area contributed by atoms with E-state index >= 15 is 0 Å². The third-order valence-electron chi connectivity index (χ3n) is 4.38. The molecule has 1 aromatic rings. The molecule has 92 valence electrons. The fraction of sp³-hybridized carbons (Fsp3) is 0.625. The topological polar surface area (TPSA) is 12.0 Å². The second-order valence-corrected chi connectivity index (χ2v) is 5.74. The lowest BCUT2D eigenvalue weighted by Crippen LogP contribution is -2.30. The monoisotopic (exact) mass is 229 g/mol. The summed E-state index contributed by atoms with van der Waals surface area (Å²) in [4.78, 5) is 0. The minimum Gasteiger partial charge on any atom is -0.314 e. The summed E-state index contributed by atoms with van der Waals surface area (Å²) >= 11 is 0. The van der Waals surface area contributed by atoms with Crippen molar-refractivity contribution in [3.05, 3.63) is 35.9 Å². The Labute approximate surface area is 105 Å². The van der Waals surface area contributed by atoms with Crippen LogP contribution in [0, 0.1) is 5.92 Å². The number of nitrogens with one attached hydrogen (secondary N) is 1. The van der Waals surface area contributed by atoms with Crippen molar-refractivity contribution in [3.8, 4) is 0 Å². The Morgan fingerprint density at radius 3 is 2.47 bits per heavy atom. The number of hydrogen-bond acceptors (Lipinski definition) is 1. The van der Waals surface area contributed by atoms with Crippen LogP contribution < -0.4 is 5.32 Å². The lowest BCUT2D eigenvalue weighted by Gasteiger charge is -2.32. The van der Waals surface area contributed by atoms with Gasteiger partial charge in [0.1, 0.15) is 0 Å². The van der Waals surface area contributed by atoms with E-state index in [1.807, 2.05) is 0 Å². The van der Waals surface area contributed by atoms with Crippen LogP contribution in [0.2, 0.25) is 0 Å². The standard InChI is InChI=1S/C16H23N/c1-2-6-13(7-3-1)16-9-5-4-8-14(16)12-17-15-10-11-15/h1-3,6-7,14-17H,4-5,8-12H2. The molecule has 0 saturated heterocycles. The molecule has 1 aromatic carbocycles. The first kappa shape index (κ1) is 11.3. The van der Waals surface area contributed by atoms with Gasteiger partial charge < -0.3 is 5.32 Å². The summed E-state index contributed by atoms with van der Waals surface area (Å²) in [6, 6.07) is 12.0. The summed E-state index contributed by atoms with van der Waals surface area (Å²) in [6.07, 6.45) is 8.46. The second-order valence-electron chi connectivity index (χ2n) is 5.74. The lowest BCUT2D eigenvalue weighted by molar-refractivity contribution is 0.295. The molecular weight excluding hydrogens is 206 g/mol. The molecule has 2 fully saturated rings. The van der Waals surface area contributed by atoms with E-state index < -0.39 is 0 Å². The molecular formula is C16H23N. The van der Waals surface area contributed by atoms with Crippen LogP contribution >= 0.6 is 0 Å². The Balaban J connectivity index is 1.66. The molecule has 1 N–H and O–H groups in total. The van der Waals surface area contributed by atoms with Crippen LogP contribution in [0.25, 0.3) is 0 Å². The molecule has 1 heteroatoms. The van der Waals surface area contributed by atoms with Crippen LogP contribution in [-0.4, -0.2) is 12.6 Å². The van der Waals surface area contributed by atoms with Gasteiger partial charge in [-0.15, -0.1) is 0 Å². The predicted molar refractivity (Wildman–Crippen MR) is 72.2 cm³/mol. The molecule has 1 nitrogen and oxygen atoms in total. The van der Waals surface area contributed by atoms with Crippen LogP contribution in [0.3, 0.4) is 0 Å². The fourth-order valence-corrected chi connectivity index (χ4v) is 3.20. The van der Waals surface area contributed by atoms with Crippen molar-refractivity contribution in [2.45, 2.75) is 50.5 Å². The fourth-order valence-electron chi connectivity index (χ4n) is 3.20.